The van der Waals surface area contributed by atoms with Crippen LogP contribution in [0.1, 0.15) is 26.7 Å². The number of urea groups is 1. The summed E-state index contributed by atoms with van der Waals surface area (Å²) in [5, 5.41) is 11.3. The number of carboxylic acids is 1. The molecule has 2 aliphatic rings. The highest BCUT2D eigenvalue weighted by Crippen LogP contribution is 2.24. The lowest BCUT2D eigenvalue weighted by atomic mass is 10.1. The van der Waals surface area contributed by atoms with Crippen molar-refractivity contribution in [1.82, 2.24) is 15.1 Å². The first kappa shape index (κ1) is 13.1. The van der Waals surface area contributed by atoms with Crippen LogP contribution < -0.4 is 5.32 Å². The summed E-state index contributed by atoms with van der Waals surface area (Å²) >= 11 is 0. The molecule has 0 aliphatic carbocycles. The lowest BCUT2D eigenvalue weighted by Crippen LogP contribution is -2.60. The smallest absolute Gasteiger partial charge is 0.325 e. The van der Waals surface area contributed by atoms with Gasteiger partial charge in [0.2, 0.25) is 0 Å². The van der Waals surface area contributed by atoms with E-state index in [0.717, 1.165) is 19.5 Å². The van der Waals surface area contributed by atoms with Crippen molar-refractivity contribution in [2.45, 2.75) is 44.8 Å². The quantitative estimate of drug-likeness (QED) is 0.746. The van der Waals surface area contributed by atoms with E-state index in [1.165, 1.54) is 13.3 Å². The van der Waals surface area contributed by atoms with Gasteiger partial charge in [0.05, 0.1) is 0 Å². The topological polar surface area (TPSA) is 72.9 Å². The number of rotatable bonds is 2. The molecule has 0 bridgehead atoms. The summed E-state index contributed by atoms with van der Waals surface area (Å²) < 4.78 is 0. The van der Waals surface area contributed by atoms with Gasteiger partial charge in [0.15, 0.2) is 0 Å². The van der Waals surface area contributed by atoms with E-state index in [1.54, 1.807) is 4.90 Å². The van der Waals surface area contributed by atoms with Crippen LogP contribution in [0.25, 0.3) is 0 Å². The molecule has 0 aromatic heterocycles. The molecule has 2 fully saturated rings. The van der Waals surface area contributed by atoms with Crippen LogP contribution in [0, 0.1) is 0 Å². The molecule has 0 aromatic rings. The lowest BCUT2D eigenvalue weighted by Gasteiger charge is -2.42. The van der Waals surface area contributed by atoms with Gasteiger partial charge in [-0.3, -0.25) is 9.69 Å². The number of nitrogens with zero attached hydrogens (tertiary/aromatic N) is 2. The third-order valence-corrected chi connectivity index (χ3v) is 3.91. The summed E-state index contributed by atoms with van der Waals surface area (Å²) in [5.41, 5.74) is 0. The molecule has 0 radical (unpaired) electrons. The summed E-state index contributed by atoms with van der Waals surface area (Å²) in [5.74, 6) is -1.00. The van der Waals surface area contributed by atoms with E-state index in [-0.39, 0.29) is 12.1 Å². The number of hydrogen-bond acceptors (Lipinski definition) is 3. The predicted molar refractivity (Wildman–Crippen MR) is 66.4 cm³/mol. The van der Waals surface area contributed by atoms with Crippen molar-refractivity contribution in [3.63, 3.8) is 0 Å². The first-order valence-electron chi connectivity index (χ1n) is 6.53. The SMILES string of the molecule is CC(NC(=O)N1CC2CCCN2CC1C)C(=O)O. The summed E-state index contributed by atoms with van der Waals surface area (Å²) in [4.78, 5) is 27.0. The summed E-state index contributed by atoms with van der Waals surface area (Å²) in [6.45, 7) is 6.21. The van der Waals surface area contributed by atoms with Gasteiger partial charge in [0.1, 0.15) is 6.04 Å². The maximum atomic E-state index is 12.0. The monoisotopic (exact) mass is 255 g/mol. The van der Waals surface area contributed by atoms with E-state index in [1.807, 2.05) is 6.92 Å². The van der Waals surface area contributed by atoms with Crippen LogP contribution in [-0.4, -0.2) is 64.7 Å². The third kappa shape index (κ3) is 2.58. The van der Waals surface area contributed by atoms with Gasteiger partial charge in [-0.15, -0.1) is 0 Å². The molecule has 6 nitrogen and oxygen atoms in total. The van der Waals surface area contributed by atoms with Crippen LogP contribution >= 0.6 is 0 Å². The molecule has 2 heterocycles. The highest BCUT2D eigenvalue weighted by Gasteiger charge is 2.36. The summed E-state index contributed by atoms with van der Waals surface area (Å²) in [6, 6.07) is -0.511. The number of carbonyl (C=O) groups excluding carboxylic acids is 1. The maximum Gasteiger partial charge on any atom is 0.325 e. The lowest BCUT2D eigenvalue weighted by molar-refractivity contribution is -0.138. The molecule has 0 saturated carbocycles. The minimum absolute atomic E-state index is 0.139. The number of aliphatic carboxylic acids is 1. The molecule has 2 saturated heterocycles. The van der Waals surface area contributed by atoms with Crippen molar-refractivity contribution in [2.24, 2.45) is 0 Å². The molecule has 2 rings (SSSR count). The number of piperazine rings is 1. The molecule has 6 heteroatoms. The number of amides is 2. The van der Waals surface area contributed by atoms with Gasteiger partial charge in [0.25, 0.3) is 0 Å². The van der Waals surface area contributed by atoms with Crippen molar-refractivity contribution in [1.29, 1.82) is 0 Å². The third-order valence-electron chi connectivity index (χ3n) is 3.91. The highest BCUT2D eigenvalue weighted by molar-refractivity contribution is 5.82. The second kappa shape index (κ2) is 5.14. The second-order valence-electron chi connectivity index (χ2n) is 5.30. The molecule has 102 valence electrons. The Bertz CT molecular complexity index is 347. The van der Waals surface area contributed by atoms with Crippen molar-refractivity contribution in [2.75, 3.05) is 19.6 Å². The highest BCUT2D eigenvalue weighted by atomic mass is 16.4. The fraction of sp³-hybridized carbons (Fsp3) is 0.833. The maximum absolute atomic E-state index is 12.0. The Labute approximate surface area is 107 Å². The van der Waals surface area contributed by atoms with Gasteiger partial charge in [-0.1, -0.05) is 0 Å². The Morgan fingerprint density at radius 3 is 2.78 bits per heavy atom. The fourth-order valence-corrected chi connectivity index (χ4v) is 2.80. The van der Waals surface area contributed by atoms with E-state index >= 15 is 0 Å². The molecule has 2 N–H and O–H groups in total. The van der Waals surface area contributed by atoms with E-state index in [0.29, 0.717) is 12.6 Å². The van der Waals surface area contributed by atoms with Gasteiger partial charge >= 0.3 is 12.0 Å². The van der Waals surface area contributed by atoms with Crippen molar-refractivity contribution < 1.29 is 14.7 Å². The number of carboxylic acid groups (broad SMARTS) is 1. The van der Waals surface area contributed by atoms with E-state index < -0.39 is 12.0 Å². The molecule has 0 spiro atoms. The zero-order chi connectivity index (χ0) is 13.3. The van der Waals surface area contributed by atoms with Crippen molar-refractivity contribution in [3.8, 4) is 0 Å². The second-order valence-corrected chi connectivity index (χ2v) is 5.30. The molecule has 2 aliphatic heterocycles. The average molecular weight is 255 g/mol. The summed E-state index contributed by atoms with van der Waals surface area (Å²) in [6.07, 6.45) is 2.32. The fourth-order valence-electron chi connectivity index (χ4n) is 2.80. The molecular weight excluding hydrogens is 234 g/mol. The predicted octanol–water partition coefficient (Wildman–Crippen LogP) is 0.338. The molecule has 2 amide bonds. The first-order valence-corrected chi connectivity index (χ1v) is 6.53. The Hall–Kier alpha value is -1.30. The van der Waals surface area contributed by atoms with E-state index in [2.05, 4.69) is 10.2 Å². The van der Waals surface area contributed by atoms with Crippen LogP contribution in [0.4, 0.5) is 4.79 Å². The van der Waals surface area contributed by atoms with E-state index in [4.69, 9.17) is 5.11 Å². The molecule has 3 unspecified atom stereocenters. The normalized spacial score (nSPS) is 29.8. The van der Waals surface area contributed by atoms with Crippen molar-refractivity contribution >= 4 is 12.0 Å². The molecule has 18 heavy (non-hydrogen) atoms. The summed E-state index contributed by atoms with van der Waals surface area (Å²) in [7, 11) is 0. The van der Waals surface area contributed by atoms with Crippen LogP contribution in [-0.2, 0) is 4.79 Å². The number of carbonyl (C=O) groups is 2. The van der Waals surface area contributed by atoms with Crippen molar-refractivity contribution in [3.05, 3.63) is 0 Å². The minimum Gasteiger partial charge on any atom is -0.480 e. The Kier molecular flexibility index (Phi) is 3.75. The largest absolute Gasteiger partial charge is 0.480 e. The Morgan fingerprint density at radius 1 is 1.39 bits per heavy atom. The van der Waals surface area contributed by atoms with Crippen LogP contribution in [0.3, 0.4) is 0 Å². The minimum atomic E-state index is -1.00. The van der Waals surface area contributed by atoms with E-state index in [9.17, 15) is 9.59 Å². The first-order chi connectivity index (χ1) is 8.49. The molecule has 0 aromatic carbocycles. The van der Waals surface area contributed by atoms with Gasteiger partial charge in [0, 0.05) is 25.2 Å². The molecule has 3 atom stereocenters. The molecular formula is C12H21N3O3. The Morgan fingerprint density at radius 2 is 2.11 bits per heavy atom. The van der Waals surface area contributed by atoms with Gasteiger partial charge in [-0.05, 0) is 33.2 Å². The van der Waals surface area contributed by atoms with Crippen LogP contribution in [0.15, 0.2) is 0 Å². The zero-order valence-electron chi connectivity index (χ0n) is 10.9. The number of fused-ring (bicyclic) bond motifs is 1. The average Bonchev–Trinajstić information content (AvgIpc) is 2.74. The number of hydrogen-bond donors (Lipinski definition) is 2. The van der Waals surface area contributed by atoms with Gasteiger partial charge < -0.3 is 15.3 Å². The standard InChI is InChI=1S/C12H21N3O3/c1-8-6-14-5-3-4-10(14)7-15(8)12(18)13-9(2)11(16)17/h8-10H,3-7H2,1-2H3,(H,13,18)(H,16,17). The van der Waals surface area contributed by atoms with Crippen LogP contribution in [0.2, 0.25) is 0 Å². The van der Waals surface area contributed by atoms with Gasteiger partial charge in [-0.25, -0.2) is 4.79 Å². The number of nitrogens with one attached hydrogen (secondary N) is 1. The van der Waals surface area contributed by atoms with Crippen LogP contribution in [0.5, 0.6) is 0 Å². The van der Waals surface area contributed by atoms with Gasteiger partial charge in [-0.2, -0.15) is 0 Å². The Balaban J connectivity index is 1.95. The zero-order valence-corrected chi connectivity index (χ0v) is 10.9.